The van der Waals surface area contributed by atoms with E-state index in [9.17, 15) is 0 Å². The molecule has 0 amide bonds. The summed E-state index contributed by atoms with van der Waals surface area (Å²) >= 11 is 4.47. The predicted octanol–water partition coefficient (Wildman–Crippen LogP) is 3.61. The molecular formula is C12H9NS. The number of H-pyrrole nitrogens is 1. The van der Waals surface area contributed by atoms with E-state index < -0.39 is 0 Å². The van der Waals surface area contributed by atoms with Gasteiger partial charge in [-0.05, 0) is 17.5 Å². The number of hydrogen-bond donors (Lipinski definition) is 2. The molecule has 0 radical (unpaired) electrons. The summed E-state index contributed by atoms with van der Waals surface area (Å²) in [6.07, 6.45) is 1.96. The molecule has 0 aliphatic heterocycles. The maximum absolute atomic E-state index is 4.47. The Kier molecular flexibility index (Phi) is 1.58. The van der Waals surface area contributed by atoms with E-state index >= 15 is 0 Å². The minimum absolute atomic E-state index is 1.03. The van der Waals surface area contributed by atoms with Gasteiger partial charge in [0.25, 0.3) is 0 Å². The lowest BCUT2D eigenvalue weighted by atomic mass is 10.1. The minimum atomic E-state index is 1.03. The second-order valence-corrected chi connectivity index (χ2v) is 3.86. The van der Waals surface area contributed by atoms with Gasteiger partial charge in [-0.25, -0.2) is 0 Å². The third-order valence-electron chi connectivity index (χ3n) is 2.55. The molecule has 0 saturated carbocycles. The van der Waals surface area contributed by atoms with Gasteiger partial charge in [-0.2, -0.15) is 0 Å². The van der Waals surface area contributed by atoms with E-state index in [-0.39, 0.29) is 0 Å². The van der Waals surface area contributed by atoms with Gasteiger partial charge in [0, 0.05) is 21.9 Å². The molecule has 68 valence electrons. The first-order valence-electron chi connectivity index (χ1n) is 4.54. The van der Waals surface area contributed by atoms with Crippen LogP contribution in [0.2, 0.25) is 0 Å². The molecular weight excluding hydrogens is 190 g/mol. The summed E-state index contributed by atoms with van der Waals surface area (Å²) in [4.78, 5) is 4.28. The lowest BCUT2D eigenvalue weighted by Crippen LogP contribution is -1.76. The first kappa shape index (κ1) is 7.94. The second-order valence-electron chi connectivity index (χ2n) is 3.38. The Morgan fingerprint density at radius 1 is 1.00 bits per heavy atom. The van der Waals surface area contributed by atoms with Gasteiger partial charge >= 0.3 is 0 Å². The zero-order valence-corrected chi connectivity index (χ0v) is 8.38. The Balaban J connectivity index is 2.66. The number of hydrogen-bond acceptors (Lipinski definition) is 1. The molecule has 0 aliphatic carbocycles. The van der Waals surface area contributed by atoms with E-state index in [2.05, 4.69) is 47.9 Å². The molecule has 0 aliphatic rings. The molecule has 1 heterocycles. The Labute approximate surface area is 87.2 Å². The van der Waals surface area contributed by atoms with Crippen LogP contribution in [0.25, 0.3) is 21.7 Å². The minimum Gasteiger partial charge on any atom is -0.361 e. The van der Waals surface area contributed by atoms with Crippen LogP contribution >= 0.6 is 12.6 Å². The van der Waals surface area contributed by atoms with Crippen LogP contribution in [0.3, 0.4) is 0 Å². The first-order valence-corrected chi connectivity index (χ1v) is 4.99. The molecule has 2 heteroatoms. The van der Waals surface area contributed by atoms with Crippen molar-refractivity contribution < 1.29 is 0 Å². The standard InChI is InChI=1S/C12H9NS/c14-11-7-8-3-1-2-4-9(8)12-10(11)5-6-13-12/h1-7,13-14H. The third-order valence-corrected chi connectivity index (χ3v) is 2.92. The van der Waals surface area contributed by atoms with Crippen LogP contribution in [-0.2, 0) is 0 Å². The van der Waals surface area contributed by atoms with Gasteiger partial charge in [0.05, 0.1) is 5.52 Å². The molecule has 14 heavy (non-hydrogen) atoms. The Hall–Kier alpha value is -1.41. The van der Waals surface area contributed by atoms with Crippen molar-refractivity contribution in [3.8, 4) is 0 Å². The highest BCUT2D eigenvalue weighted by Crippen LogP contribution is 2.29. The Morgan fingerprint density at radius 3 is 2.79 bits per heavy atom. The number of benzene rings is 2. The van der Waals surface area contributed by atoms with Crippen molar-refractivity contribution in [1.29, 1.82) is 0 Å². The fourth-order valence-electron chi connectivity index (χ4n) is 1.88. The molecule has 0 fully saturated rings. The molecule has 1 aromatic heterocycles. The number of aromatic nitrogens is 1. The van der Waals surface area contributed by atoms with Gasteiger partial charge in [0.2, 0.25) is 0 Å². The lowest BCUT2D eigenvalue weighted by molar-refractivity contribution is 1.49. The van der Waals surface area contributed by atoms with Crippen molar-refractivity contribution in [2.24, 2.45) is 0 Å². The normalized spacial score (nSPS) is 11.2. The van der Waals surface area contributed by atoms with Crippen LogP contribution in [0, 0.1) is 0 Å². The van der Waals surface area contributed by atoms with Crippen molar-refractivity contribution in [3.05, 3.63) is 42.6 Å². The quantitative estimate of drug-likeness (QED) is 0.514. The average Bonchev–Trinajstić information content (AvgIpc) is 2.67. The SMILES string of the molecule is Sc1cc2ccccc2c2[nH]ccc12. The van der Waals surface area contributed by atoms with Gasteiger partial charge in [-0.15, -0.1) is 12.6 Å². The maximum Gasteiger partial charge on any atom is 0.0544 e. The average molecular weight is 199 g/mol. The van der Waals surface area contributed by atoms with E-state index in [1.165, 1.54) is 21.7 Å². The van der Waals surface area contributed by atoms with Gasteiger partial charge in [-0.1, -0.05) is 24.3 Å². The van der Waals surface area contributed by atoms with E-state index in [1.807, 2.05) is 12.3 Å². The number of fused-ring (bicyclic) bond motifs is 3. The third kappa shape index (κ3) is 0.976. The van der Waals surface area contributed by atoms with Gasteiger partial charge in [0.15, 0.2) is 0 Å². The van der Waals surface area contributed by atoms with Crippen LogP contribution < -0.4 is 0 Å². The van der Waals surface area contributed by atoms with Crippen LogP contribution in [0.15, 0.2) is 47.5 Å². The Bertz CT molecular complexity index is 610. The van der Waals surface area contributed by atoms with Crippen molar-refractivity contribution in [2.75, 3.05) is 0 Å². The summed E-state index contributed by atoms with van der Waals surface area (Å²) < 4.78 is 0. The highest BCUT2D eigenvalue weighted by molar-refractivity contribution is 7.80. The fraction of sp³-hybridized carbons (Fsp3) is 0. The second kappa shape index (κ2) is 2.79. The zero-order valence-electron chi connectivity index (χ0n) is 7.49. The number of nitrogens with one attached hydrogen (secondary N) is 1. The topological polar surface area (TPSA) is 15.8 Å². The van der Waals surface area contributed by atoms with Crippen LogP contribution in [-0.4, -0.2) is 4.98 Å². The molecule has 0 spiro atoms. The van der Waals surface area contributed by atoms with E-state index in [0.717, 1.165) is 4.90 Å². The van der Waals surface area contributed by atoms with Crippen LogP contribution in [0.4, 0.5) is 0 Å². The number of thiol groups is 1. The first-order chi connectivity index (χ1) is 6.86. The van der Waals surface area contributed by atoms with Gasteiger partial charge in [0.1, 0.15) is 0 Å². The summed E-state index contributed by atoms with van der Waals surface area (Å²) in [6.45, 7) is 0. The van der Waals surface area contributed by atoms with E-state index in [4.69, 9.17) is 0 Å². The predicted molar refractivity (Wildman–Crippen MR) is 63.1 cm³/mol. The fourth-order valence-corrected chi connectivity index (χ4v) is 2.21. The molecule has 1 nitrogen and oxygen atoms in total. The van der Waals surface area contributed by atoms with Crippen LogP contribution in [0.1, 0.15) is 0 Å². The molecule has 0 bridgehead atoms. The molecule has 0 saturated heterocycles. The highest BCUT2D eigenvalue weighted by Gasteiger charge is 2.03. The zero-order chi connectivity index (χ0) is 9.54. The summed E-state index contributed by atoms with van der Waals surface area (Å²) in [5.41, 5.74) is 1.17. The van der Waals surface area contributed by atoms with E-state index in [0.29, 0.717) is 0 Å². The van der Waals surface area contributed by atoms with Gasteiger partial charge in [-0.3, -0.25) is 0 Å². The summed E-state index contributed by atoms with van der Waals surface area (Å²) in [7, 11) is 0. The number of aromatic amines is 1. The van der Waals surface area contributed by atoms with Crippen molar-refractivity contribution in [2.45, 2.75) is 4.90 Å². The van der Waals surface area contributed by atoms with E-state index in [1.54, 1.807) is 0 Å². The van der Waals surface area contributed by atoms with Crippen molar-refractivity contribution >= 4 is 34.3 Å². The highest BCUT2D eigenvalue weighted by atomic mass is 32.1. The molecule has 1 N–H and O–H groups in total. The summed E-state index contributed by atoms with van der Waals surface area (Å²) in [5, 5.41) is 3.67. The van der Waals surface area contributed by atoms with Crippen molar-refractivity contribution in [3.63, 3.8) is 0 Å². The molecule has 3 rings (SSSR count). The van der Waals surface area contributed by atoms with Crippen molar-refractivity contribution in [1.82, 2.24) is 4.98 Å². The summed E-state index contributed by atoms with van der Waals surface area (Å²) in [5.74, 6) is 0. The van der Waals surface area contributed by atoms with Gasteiger partial charge < -0.3 is 4.98 Å². The molecule has 0 atom stereocenters. The van der Waals surface area contributed by atoms with Crippen LogP contribution in [0.5, 0.6) is 0 Å². The lowest BCUT2D eigenvalue weighted by Gasteiger charge is -2.01. The summed E-state index contributed by atoms with van der Waals surface area (Å²) in [6, 6.07) is 12.5. The molecule has 2 aromatic carbocycles. The smallest absolute Gasteiger partial charge is 0.0544 e. The molecule has 0 unspecified atom stereocenters. The number of rotatable bonds is 0. The Morgan fingerprint density at radius 2 is 1.86 bits per heavy atom. The largest absolute Gasteiger partial charge is 0.361 e. The monoisotopic (exact) mass is 199 g/mol. The molecule has 3 aromatic rings. The maximum atomic E-state index is 4.47.